The molecule has 0 spiro atoms. The Labute approximate surface area is 159 Å². The van der Waals surface area contributed by atoms with Crippen LogP contribution in [-0.4, -0.2) is 49.9 Å². The van der Waals surface area contributed by atoms with Crippen molar-refractivity contribution in [1.82, 2.24) is 4.98 Å². The standard InChI is InChI=1S/C20H23N3O3S/c1-14-11-15-5-3-4-6-18(15)23(14)20(24)16-7-8-19(21-12-16)22(2)17-9-10-27(25,26)13-17/h3-8,12,14,17H,9-11,13H2,1-2H3. The summed E-state index contributed by atoms with van der Waals surface area (Å²) in [6.07, 6.45) is 3.06. The van der Waals surface area contributed by atoms with Crippen molar-refractivity contribution in [2.24, 2.45) is 0 Å². The second kappa shape index (κ2) is 6.64. The smallest absolute Gasteiger partial charge is 0.260 e. The molecule has 3 heterocycles. The summed E-state index contributed by atoms with van der Waals surface area (Å²) >= 11 is 0. The number of sulfone groups is 1. The van der Waals surface area contributed by atoms with Gasteiger partial charge >= 0.3 is 0 Å². The first-order chi connectivity index (χ1) is 12.9. The fraction of sp³-hybridized carbons (Fsp3) is 0.400. The lowest BCUT2D eigenvalue weighted by Crippen LogP contribution is -2.36. The molecule has 0 saturated carbocycles. The quantitative estimate of drug-likeness (QED) is 0.811. The van der Waals surface area contributed by atoms with E-state index in [0.717, 1.165) is 12.1 Å². The first kappa shape index (κ1) is 18.0. The van der Waals surface area contributed by atoms with E-state index in [9.17, 15) is 13.2 Å². The zero-order valence-electron chi connectivity index (χ0n) is 15.5. The number of rotatable bonds is 3. The molecule has 2 atom stereocenters. The van der Waals surface area contributed by atoms with Gasteiger partial charge in [-0.1, -0.05) is 18.2 Å². The van der Waals surface area contributed by atoms with Gasteiger partial charge in [0.1, 0.15) is 5.82 Å². The molecule has 0 N–H and O–H groups in total. The first-order valence-corrected chi connectivity index (χ1v) is 11.0. The zero-order valence-corrected chi connectivity index (χ0v) is 16.3. The number of carbonyl (C=O) groups excluding carboxylic acids is 1. The van der Waals surface area contributed by atoms with Crippen molar-refractivity contribution in [2.75, 3.05) is 28.4 Å². The van der Waals surface area contributed by atoms with E-state index in [2.05, 4.69) is 11.1 Å². The Hall–Kier alpha value is -2.41. The van der Waals surface area contributed by atoms with Crippen LogP contribution in [0.5, 0.6) is 0 Å². The lowest BCUT2D eigenvalue weighted by Gasteiger charge is -2.25. The van der Waals surface area contributed by atoms with Gasteiger partial charge in [0, 0.05) is 31.0 Å². The lowest BCUT2D eigenvalue weighted by molar-refractivity contribution is 0.0981. The highest BCUT2D eigenvalue weighted by Gasteiger charge is 2.33. The predicted molar refractivity (Wildman–Crippen MR) is 106 cm³/mol. The Morgan fingerprint density at radius 3 is 2.67 bits per heavy atom. The summed E-state index contributed by atoms with van der Waals surface area (Å²) in [5.41, 5.74) is 2.69. The van der Waals surface area contributed by atoms with E-state index in [4.69, 9.17) is 0 Å². The Balaban J connectivity index is 1.53. The van der Waals surface area contributed by atoms with Crippen molar-refractivity contribution in [2.45, 2.75) is 31.8 Å². The molecular formula is C20H23N3O3S. The number of hydrogen-bond acceptors (Lipinski definition) is 5. The van der Waals surface area contributed by atoms with Crippen molar-refractivity contribution < 1.29 is 13.2 Å². The van der Waals surface area contributed by atoms with Gasteiger partial charge in [0.05, 0.1) is 17.1 Å². The van der Waals surface area contributed by atoms with Crippen LogP contribution >= 0.6 is 0 Å². The monoisotopic (exact) mass is 385 g/mol. The average Bonchev–Trinajstić information content (AvgIpc) is 3.19. The molecule has 27 heavy (non-hydrogen) atoms. The second-order valence-corrected chi connectivity index (χ2v) is 9.66. The van der Waals surface area contributed by atoms with Gasteiger partial charge in [-0.15, -0.1) is 0 Å². The minimum absolute atomic E-state index is 0.0578. The molecule has 1 aromatic carbocycles. The minimum atomic E-state index is -2.95. The topological polar surface area (TPSA) is 70.6 Å². The summed E-state index contributed by atoms with van der Waals surface area (Å²) in [5.74, 6) is 1.01. The molecule has 4 rings (SSSR count). The van der Waals surface area contributed by atoms with Crippen LogP contribution in [0.2, 0.25) is 0 Å². The Morgan fingerprint density at radius 2 is 2.00 bits per heavy atom. The van der Waals surface area contributed by atoms with Crippen LogP contribution in [0, 0.1) is 0 Å². The van der Waals surface area contributed by atoms with Crippen LogP contribution in [0.25, 0.3) is 0 Å². The van der Waals surface area contributed by atoms with Crippen molar-refractivity contribution in [3.63, 3.8) is 0 Å². The number of anilines is 2. The molecule has 6 nitrogen and oxygen atoms in total. The molecular weight excluding hydrogens is 362 g/mol. The normalized spacial score (nSPS) is 23.3. The summed E-state index contributed by atoms with van der Waals surface area (Å²) in [6.45, 7) is 2.05. The molecule has 142 valence electrons. The molecule has 0 aliphatic carbocycles. The molecule has 1 fully saturated rings. The molecule has 1 amide bonds. The highest BCUT2D eigenvalue weighted by molar-refractivity contribution is 7.91. The van der Waals surface area contributed by atoms with E-state index < -0.39 is 9.84 Å². The van der Waals surface area contributed by atoms with Gasteiger partial charge in [0.15, 0.2) is 9.84 Å². The molecule has 7 heteroatoms. The lowest BCUT2D eigenvalue weighted by atomic mass is 10.1. The van der Waals surface area contributed by atoms with Gasteiger partial charge in [-0.3, -0.25) is 4.79 Å². The maximum atomic E-state index is 13.0. The van der Waals surface area contributed by atoms with E-state index in [1.807, 2.05) is 42.0 Å². The third-order valence-corrected chi connectivity index (χ3v) is 7.29. The molecule has 2 aliphatic heterocycles. The number of para-hydroxylation sites is 1. The highest BCUT2D eigenvalue weighted by Crippen LogP contribution is 2.33. The number of fused-ring (bicyclic) bond motifs is 1. The Kier molecular flexibility index (Phi) is 4.42. The maximum Gasteiger partial charge on any atom is 0.260 e. The van der Waals surface area contributed by atoms with E-state index in [1.165, 1.54) is 5.56 Å². The summed E-state index contributed by atoms with van der Waals surface area (Å²) in [7, 11) is -1.09. The Morgan fingerprint density at radius 1 is 1.22 bits per heavy atom. The van der Waals surface area contributed by atoms with E-state index >= 15 is 0 Å². The average molecular weight is 385 g/mol. The molecule has 2 aliphatic rings. The summed E-state index contributed by atoms with van der Waals surface area (Å²) in [5, 5.41) is 0. The molecule has 1 aromatic heterocycles. The fourth-order valence-electron chi connectivity index (χ4n) is 4.00. The van der Waals surface area contributed by atoms with E-state index in [0.29, 0.717) is 17.8 Å². The minimum Gasteiger partial charge on any atom is -0.356 e. The first-order valence-electron chi connectivity index (χ1n) is 9.16. The fourth-order valence-corrected chi connectivity index (χ4v) is 5.78. The summed E-state index contributed by atoms with van der Waals surface area (Å²) < 4.78 is 23.4. The number of benzene rings is 1. The largest absolute Gasteiger partial charge is 0.356 e. The van der Waals surface area contributed by atoms with Gasteiger partial charge < -0.3 is 9.80 Å². The molecule has 2 aromatic rings. The maximum absolute atomic E-state index is 13.0. The van der Waals surface area contributed by atoms with Crippen molar-refractivity contribution >= 4 is 27.2 Å². The number of amides is 1. The van der Waals surface area contributed by atoms with Gasteiger partial charge in [-0.05, 0) is 43.5 Å². The molecule has 0 bridgehead atoms. The van der Waals surface area contributed by atoms with Crippen LogP contribution < -0.4 is 9.80 Å². The number of pyridine rings is 1. The predicted octanol–water partition coefficient (Wildman–Crippen LogP) is 2.30. The molecule has 0 radical (unpaired) electrons. The van der Waals surface area contributed by atoms with Crippen LogP contribution in [0.1, 0.15) is 29.3 Å². The van der Waals surface area contributed by atoms with Crippen LogP contribution in [0.3, 0.4) is 0 Å². The Bertz CT molecular complexity index is 972. The van der Waals surface area contributed by atoms with Crippen molar-refractivity contribution in [3.05, 3.63) is 53.7 Å². The summed E-state index contributed by atoms with van der Waals surface area (Å²) in [4.78, 5) is 21.2. The molecule has 2 unspecified atom stereocenters. The van der Waals surface area contributed by atoms with Crippen molar-refractivity contribution in [3.8, 4) is 0 Å². The molecule has 1 saturated heterocycles. The van der Waals surface area contributed by atoms with Crippen molar-refractivity contribution in [1.29, 1.82) is 0 Å². The number of nitrogens with zero attached hydrogens (tertiary/aromatic N) is 3. The SMILES string of the molecule is CC1Cc2ccccc2N1C(=O)c1ccc(N(C)C2CCS(=O)(=O)C2)nc1. The number of carbonyl (C=O) groups is 1. The van der Waals surface area contributed by atoms with E-state index in [-0.39, 0.29) is 29.5 Å². The van der Waals surface area contributed by atoms with Crippen LogP contribution in [0.15, 0.2) is 42.6 Å². The third kappa shape index (κ3) is 3.32. The van der Waals surface area contributed by atoms with Gasteiger partial charge in [-0.2, -0.15) is 0 Å². The summed E-state index contributed by atoms with van der Waals surface area (Å²) in [6, 6.07) is 11.6. The highest BCUT2D eigenvalue weighted by atomic mass is 32.2. The van der Waals surface area contributed by atoms with E-state index in [1.54, 1.807) is 18.3 Å². The number of aromatic nitrogens is 1. The third-order valence-electron chi connectivity index (χ3n) is 5.54. The van der Waals surface area contributed by atoms with Gasteiger partial charge in [-0.25, -0.2) is 13.4 Å². The van der Waals surface area contributed by atoms with Gasteiger partial charge in [0.2, 0.25) is 0 Å². The van der Waals surface area contributed by atoms with Crippen LogP contribution in [-0.2, 0) is 16.3 Å². The van der Waals surface area contributed by atoms with Gasteiger partial charge in [0.25, 0.3) is 5.91 Å². The van der Waals surface area contributed by atoms with Crippen LogP contribution in [0.4, 0.5) is 11.5 Å². The number of hydrogen-bond donors (Lipinski definition) is 0. The second-order valence-electron chi connectivity index (χ2n) is 7.43. The zero-order chi connectivity index (χ0) is 19.2.